The molecule has 1 heterocycles. The van der Waals surface area contributed by atoms with Crippen molar-refractivity contribution in [1.82, 2.24) is 9.97 Å². The van der Waals surface area contributed by atoms with Gasteiger partial charge in [-0.2, -0.15) is 5.26 Å². The van der Waals surface area contributed by atoms with E-state index in [9.17, 15) is 0 Å². The maximum atomic E-state index is 8.38. The Balaban J connectivity index is 2.40. The molecule has 1 unspecified atom stereocenters. The Hall–Kier alpha value is -0.790. The van der Waals surface area contributed by atoms with E-state index in [0.717, 1.165) is 5.03 Å². The predicted molar refractivity (Wildman–Crippen MR) is 48.0 cm³/mol. The first-order valence-corrected chi connectivity index (χ1v) is 4.67. The van der Waals surface area contributed by atoms with E-state index in [1.807, 2.05) is 6.07 Å². The fourth-order valence-corrected chi connectivity index (χ4v) is 1.42. The van der Waals surface area contributed by atoms with E-state index in [4.69, 9.17) is 16.9 Å². The Morgan fingerprint density at radius 2 is 2.58 bits per heavy atom. The standard InChI is InChI=1S/C7H6ClN3S/c8-6(3-9)4-12-7-1-2-10-5-11-7/h1-2,5-6H,4H2. The van der Waals surface area contributed by atoms with Crippen LogP contribution in [0.5, 0.6) is 0 Å². The number of halogens is 1. The molecule has 5 heteroatoms. The maximum Gasteiger partial charge on any atom is 0.130 e. The van der Waals surface area contributed by atoms with Gasteiger partial charge in [0.1, 0.15) is 11.7 Å². The van der Waals surface area contributed by atoms with E-state index < -0.39 is 5.38 Å². The van der Waals surface area contributed by atoms with Gasteiger partial charge in [0, 0.05) is 11.9 Å². The number of hydrogen-bond donors (Lipinski definition) is 0. The highest BCUT2D eigenvalue weighted by Gasteiger charge is 2.02. The molecule has 0 fully saturated rings. The lowest BCUT2D eigenvalue weighted by atomic mass is 10.5. The van der Waals surface area contributed by atoms with Crippen molar-refractivity contribution >= 4 is 23.4 Å². The topological polar surface area (TPSA) is 49.6 Å². The molecule has 62 valence electrons. The Labute approximate surface area is 79.8 Å². The average molecular weight is 200 g/mol. The number of rotatable bonds is 3. The summed E-state index contributed by atoms with van der Waals surface area (Å²) in [6.45, 7) is 0. The number of nitrogens with zero attached hydrogens (tertiary/aromatic N) is 3. The zero-order valence-corrected chi connectivity index (χ0v) is 7.72. The molecular formula is C7H6ClN3S. The van der Waals surface area contributed by atoms with Crippen LogP contribution in [0, 0.1) is 11.3 Å². The van der Waals surface area contributed by atoms with Gasteiger partial charge < -0.3 is 0 Å². The van der Waals surface area contributed by atoms with Crippen LogP contribution in [-0.4, -0.2) is 21.1 Å². The van der Waals surface area contributed by atoms with Crippen LogP contribution < -0.4 is 0 Å². The summed E-state index contributed by atoms with van der Waals surface area (Å²) in [5.74, 6) is 0.551. The van der Waals surface area contributed by atoms with Gasteiger partial charge in [-0.05, 0) is 6.07 Å². The van der Waals surface area contributed by atoms with Crippen LogP contribution in [0.3, 0.4) is 0 Å². The van der Waals surface area contributed by atoms with Gasteiger partial charge in [-0.3, -0.25) is 0 Å². The fourth-order valence-electron chi connectivity index (χ4n) is 0.560. The molecule has 0 aliphatic rings. The quantitative estimate of drug-likeness (QED) is 0.423. The van der Waals surface area contributed by atoms with Crippen LogP contribution in [0.1, 0.15) is 0 Å². The summed E-state index contributed by atoms with van der Waals surface area (Å²) in [4.78, 5) is 7.74. The molecule has 0 aromatic carbocycles. The number of hydrogen-bond acceptors (Lipinski definition) is 4. The number of thioether (sulfide) groups is 1. The molecule has 1 atom stereocenters. The number of nitriles is 1. The first kappa shape index (κ1) is 9.30. The minimum absolute atomic E-state index is 0.454. The van der Waals surface area contributed by atoms with Gasteiger partial charge in [0.15, 0.2) is 0 Å². The summed E-state index contributed by atoms with van der Waals surface area (Å²) in [7, 11) is 0. The molecule has 3 nitrogen and oxygen atoms in total. The van der Waals surface area contributed by atoms with Crippen LogP contribution in [0.4, 0.5) is 0 Å². The van der Waals surface area contributed by atoms with Crippen molar-refractivity contribution in [2.75, 3.05) is 5.75 Å². The smallest absolute Gasteiger partial charge is 0.130 e. The van der Waals surface area contributed by atoms with Crippen molar-refractivity contribution in [2.24, 2.45) is 0 Å². The van der Waals surface area contributed by atoms with Gasteiger partial charge in [-0.15, -0.1) is 23.4 Å². The van der Waals surface area contributed by atoms with Gasteiger partial charge in [0.05, 0.1) is 11.1 Å². The van der Waals surface area contributed by atoms with Crippen molar-refractivity contribution < 1.29 is 0 Å². The second-order valence-corrected chi connectivity index (χ2v) is 3.52. The fraction of sp³-hybridized carbons (Fsp3) is 0.286. The second-order valence-electron chi connectivity index (χ2n) is 1.96. The van der Waals surface area contributed by atoms with E-state index >= 15 is 0 Å². The normalized spacial score (nSPS) is 12.0. The molecule has 0 bridgehead atoms. The van der Waals surface area contributed by atoms with E-state index in [0.29, 0.717) is 5.75 Å². The van der Waals surface area contributed by atoms with Crippen molar-refractivity contribution in [3.63, 3.8) is 0 Å². The second kappa shape index (κ2) is 4.96. The van der Waals surface area contributed by atoms with Gasteiger partial charge in [-0.1, -0.05) is 0 Å². The van der Waals surface area contributed by atoms with Crippen molar-refractivity contribution in [3.8, 4) is 6.07 Å². The molecule has 12 heavy (non-hydrogen) atoms. The third-order valence-corrected chi connectivity index (χ3v) is 2.54. The zero-order chi connectivity index (χ0) is 8.81. The highest BCUT2D eigenvalue weighted by atomic mass is 35.5. The first-order chi connectivity index (χ1) is 5.83. The molecule has 1 aromatic heterocycles. The van der Waals surface area contributed by atoms with Crippen molar-refractivity contribution in [1.29, 1.82) is 5.26 Å². The van der Waals surface area contributed by atoms with Gasteiger partial charge >= 0.3 is 0 Å². The van der Waals surface area contributed by atoms with Gasteiger partial charge in [0.25, 0.3) is 0 Å². The molecule has 1 rings (SSSR count). The third kappa shape index (κ3) is 3.07. The zero-order valence-electron chi connectivity index (χ0n) is 6.14. The largest absolute Gasteiger partial charge is 0.245 e. The monoisotopic (exact) mass is 199 g/mol. The third-order valence-electron chi connectivity index (χ3n) is 1.07. The summed E-state index contributed by atoms with van der Waals surface area (Å²) in [6.07, 6.45) is 3.13. The minimum Gasteiger partial charge on any atom is -0.245 e. The average Bonchev–Trinajstić information content (AvgIpc) is 2.16. The Morgan fingerprint density at radius 1 is 1.75 bits per heavy atom. The van der Waals surface area contributed by atoms with Crippen LogP contribution in [0.15, 0.2) is 23.6 Å². The summed E-state index contributed by atoms with van der Waals surface area (Å²) >= 11 is 7.04. The first-order valence-electron chi connectivity index (χ1n) is 3.25. The lowest BCUT2D eigenvalue weighted by Gasteiger charge is -1.98. The molecule has 0 N–H and O–H groups in total. The molecular weight excluding hydrogens is 194 g/mol. The highest BCUT2D eigenvalue weighted by Crippen LogP contribution is 2.16. The van der Waals surface area contributed by atoms with Crippen molar-refractivity contribution in [3.05, 3.63) is 18.6 Å². The number of aromatic nitrogens is 2. The van der Waals surface area contributed by atoms with Crippen LogP contribution in [0.25, 0.3) is 0 Å². The molecule has 0 spiro atoms. The molecule has 0 aliphatic carbocycles. The Morgan fingerprint density at radius 3 is 3.17 bits per heavy atom. The van der Waals surface area contributed by atoms with E-state index in [1.54, 1.807) is 12.3 Å². The highest BCUT2D eigenvalue weighted by molar-refractivity contribution is 7.99. The summed E-state index contributed by atoms with van der Waals surface area (Å²) in [5, 5.41) is 8.77. The molecule has 0 aliphatic heterocycles. The van der Waals surface area contributed by atoms with Gasteiger partial charge in [0.2, 0.25) is 0 Å². The van der Waals surface area contributed by atoms with E-state index in [1.165, 1.54) is 18.1 Å². The SMILES string of the molecule is N#CC(Cl)CSc1ccncn1. The number of alkyl halides is 1. The van der Waals surface area contributed by atoms with E-state index in [-0.39, 0.29) is 0 Å². The Bertz CT molecular complexity index is 272. The summed E-state index contributed by atoms with van der Waals surface area (Å²) < 4.78 is 0. The minimum atomic E-state index is -0.454. The molecule has 0 radical (unpaired) electrons. The predicted octanol–water partition coefficient (Wildman–Crippen LogP) is 1.70. The van der Waals surface area contributed by atoms with Crippen LogP contribution in [0.2, 0.25) is 0 Å². The van der Waals surface area contributed by atoms with Gasteiger partial charge in [-0.25, -0.2) is 9.97 Å². The molecule has 0 saturated heterocycles. The molecule has 1 aromatic rings. The lowest BCUT2D eigenvalue weighted by Crippen LogP contribution is -1.97. The summed E-state index contributed by atoms with van der Waals surface area (Å²) in [6, 6.07) is 3.72. The van der Waals surface area contributed by atoms with Crippen LogP contribution in [-0.2, 0) is 0 Å². The lowest BCUT2D eigenvalue weighted by molar-refractivity contribution is 1.04. The van der Waals surface area contributed by atoms with E-state index in [2.05, 4.69) is 9.97 Å². The molecule has 0 saturated carbocycles. The molecule has 0 amide bonds. The summed E-state index contributed by atoms with van der Waals surface area (Å²) in [5.41, 5.74) is 0. The maximum absolute atomic E-state index is 8.38. The van der Waals surface area contributed by atoms with Crippen molar-refractivity contribution in [2.45, 2.75) is 10.4 Å². The Kier molecular flexibility index (Phi) is 3.85. The van der Waals surface area contributed by atoms with Crippen LogP contribution >= 0.6 is 23.4 Å².